The predicted octanol–water partition coefficient (Wildman–Crippen LogP) is 3.58. The van der Waals surface area contributed by atoms with Crippen LogP contribution in [0.15, 0.2) is 48.5 Å². The molecule has 0 aliphatic heterocycles. The zero-order chi connectivity index (χ0) is 19.8. The van der Waals surface area contributed by atoms with E-state index in [9.17, 15) is 14.0 Å². The van der Waals surface area contributed by atoms with Gasteiger partial charge < -0.3 is 15.0 Å². The molecule has 0 fully saturated rings. The molecule has 0 radical (unpaired) electrons. The number of carbonyl (C=O) groups excluding carboxylic acids is 2. The van der Waals surface area contributed by atoms with Crippen molar-refractivity contribution in [1.29, 1.82) is 0 Å². The van der Waals surface area contributed by atoms with Gasteiger partial charge in [0.25, 0.3) is 0 Å². The van der Waals surface area contributed by atoms with Gasteiger partial charge in [-0.15, -0.1) is 0 Å². The molecule has 0 aliphatic carbocycles. The molecule has 2 rings (SSSR count). The summed E-state index contributed by atoms with van der Waals surface area (Å²) in [5, 5.41) is 3.38. The number of hydrogen-bond acceptors (Lipinski definition) is 3. The Bertz CT molecular complexity index is 766. The van der Waals surface area contributed by atoms with Crippen LogP contribution in [0.3, 0.4) is 0 Å². The van der Waals surface area contributed by atoms with Crippen LogP contribution in [0.5, 0.6) is 5.75 Å². The highest BCUT2D eigenvalue weighted by Gasteiger charge is 2.19. The van der Waals surface area contributed by atoms with Crippen molar-refractivity contribution in [3.8, 4) is 5.75 Å². The lowest BCUT2D eigenvalue weighted by Crippen LogP contribution is -2.35. The fourth-order valence-corrected chi connectivity index (χ4v) is 2.61. The fourth-order valence-electron chi connectivity index (χ4n) is 2.48. The summed E-state index contributed by atoms with van der Waals surface area (Å²) in [5.41, 5.74) is 0.805. The lowest BCUT2D eigenvalue weighted by atomic mass is 10.0. The number of likely N-dealkylation sites (N-methyl/N-ethyl adjacent to an activating group) is 1. The molecular weight excluding hydrogens is 371 g/mol. The maximum atomic E-state index is 12.9. The molecule has 144 valence electrons. The van der Waals surface area contributed by atoms with E-state index in [1.54, 1.807) is 31.3 Å². The Morgan fingerprint density at radius 2 is 1.78 bits per heavy atom. The molecule has 0 saturated heterocycles. The monoisotopic (exact) mass is 392 g/mol. The number of nitrogens with zero attached hydrogens (tertiary/aromatic N) is 1. The lowest BCUT2D eigenvalue weighted by molar-refractivity contribution is -0.131. The molecule has 2 aromatic rings. The molecule has 1 atom stereocenters. The van der Waals surface area contributed by atoms with Crippen molar-refractivity contribution < 1.29 is 18.7 Å². The zero-order valence-electron chi connectivity index (χ0n) is 15.2. The first-order chi connectivity index (χ1) is 12.8. The van der Waals surface area contributed by atoms with Crippen LogP contribution in [0.25, 0.3) is 0 Å². The van der Waals surface area contributed by atoms with Crippen molar-refractivity contribution >= 4 is 23.4 Å². The Balaban J connectivity index is 1.89. The van der Waals surface area contributed by atoms with E-state index in [-0.39, 0.29) is 30.7 Å². The summed E-state index contributed by atoms with van der Waals surface area (Å²) in [7, 11) is 1.67. The van der Waals surface area contributed by atoms with E-state index >= 15 is 0 Å². The maximum Gasteiger partial charge on any atom is 0.224 e. The van der Waals surface area contributed by atoms with Crippen molar-refractivity contribution in [1.82, 2.24) is 10.2 Å². The minimum atomic E-state index is -0.437. The summed E-state index contributed by atoms with van der Waals surface area (Å²) < 4.78 is 18.4. The number of carbonyl (C=O) groups is 2. The Morgan fingerprint density at radius 3 is 2.37 bits per heavy atom. The van der Waals surface area contributed by atoms with E-state index in [0.717, 1.165) is 5.56 Å². The van der Waals surface area contributed by atoms with Crippen LogP contribution in [0, 0.1) is 5.82 Å². The van der Waals surface area contributed by atoms with Crippen molar-refractivity contribution in [3.63, 3.8) is 0 Å². The molecule has 0 aromatic heterocycles. The summed E-state index contributed by atoms with van der Waals surface area (Å²) in [6.45, 7) is 2.05. The van der Waals surface area contributed by atoms with Crippen LogP contribution in [0.1, 0.15) is 24.9 Å². The van der Waals surface area contributed by atoms with E-state index in [0.29, 0.717) is 17.3 Å². The first-order valence-electron chi connectivity index (χ1n) is 8.50. The minimum Gasteiger partial charge on any atom is -0.492 e. The average Bonchev–Trinajstić information content (AvgIpc) is 2.63. The third kappa shape index (κ3) is 6.90. The van der Waals surface area contributed by atoms with E-state index in [4.69, 9.17) is 16.3 Å². The zero-order valence-corrected chi connectivity index (χ0v) is 16.0. The summed E-state index contributed by atoms with van der Waals surface area (Å²) in [5.74, 6) is -0.146. The smallest absolute Gasteiger partial charge is 0.224 e. The van der Waals surface area contributed by atoms with Crippen LogP contribution in [0.2, 0.25) is 5.02 Å². The number of ether oxygens (including phenoxy) is 1. The number of amides is 2. The highest BCUT2D eigenvalue weighted by atomic mass is 35.5. The number of nitrogens with one attached hydrogen (secondary N) is 1. The van der Waals surface area contributed by atoms with Gasteiger partial charge in [0.15, 0.2) is 0 Å². The molecule has 0 bridgehead atoms. The molecule has 0 spiro atoms. The summed E-state index contributed by atoms with van der Waals surface area (Å²) in [6, 6.07) is 12.3. The van der Waals surface area contributed by atoms with Crippen molar-refractivity contribution in [2.24, 2.45) is 0 Å². The summed E-state index contributed by atoms with van der Waals surface area (Å²) in [6.07, 6.45) is 0.119. The first-order valence-corrected chi connectivity index (χ1v) is 8.88. The molecule has 2 aromatic carbocycles. The third-order valence-corrected chi connectivity index (χ3v) is 4.22. The van der Waals surface area contributed by atoms with Crippen LogP contribution in [-0.4, -0.2) is 36.9 Å². The molecular formula is C20H22ClFN2O3. The van der Waals surface area contributed by atoms with Gasteiger partial charge in [-0.05, 0) is 42.0 Å². The maximum absolute atomic E-state index is 12.9. The number of benzene rings is 2. The predicted molar refractivity (Wildman–Crippen MR) is 102 cm³/mol. The topological polar surface area (TPSA) is 58.6 Å². The molecule has 27 heavy (non-hydrogen) atoms. The Labute approximate surface area is 163 Å². The second-order valence-corrected chi connectivity index (χ2v) is 6.56. The van der Waals surface area contributed by atoms with Gasteiger partial charge in [0.2, 0.25) is 11.8 Å². The van der Waals surface area contributed by atoms with Crippen molar-refractivity contribution in [3.05, 3.63) is 64.9 Å². The van der Waals surface area contributed by atoms with Crippen LogP contribution in [-0.2, 0) is 9.59 Å². The second-order valence-electron chi connectivity index (χ2n) is 6.13. The molecule has 0 saturated carbocycles. The minimum absolute atomic E-state index is 0.119. The van der Waals surface area contributed by atoms with E-state index in [1.807, 2.05) is 0 Å². The van der Waals surface area contributed by atoms with E-state index < -0.39 is 6.04 Å². The second kappa shape index (κ2) is 9.92. The first kappa shape index (κ1) is 20.7. The number of halogens is 2. The van der Waals surface area contributed by atoms with E-state index in [1.165, 1.54) is 36.1 Å². The fraction of sp³-hybridized carbons (Fsp3) is 0.300. The number of hydrogen-bond donors (Lipinski definition) is 1. The van der Waals surface area contributed by atoms with E-state index in [2.05, 4.69) is 5.32 Å². The lowest BCUT2D eigenvalue weighted by Gasteiger charge is -2.22. The van der Waals surface area contributed by atoms with Crippen molar-refractivity contribution in [2.75, 3.05) is 20.2 Å². The molecule has 0 heterocycles. The van der Waals surface area contributed by atoms with Gasteiger partial charge in [0, 0.05) is 19.0 Å². The normalized spacial score (nSPS) is 11.6. The standard InChI is InChI=1S/C20H22ClFN2O3/c1-14(25)23-19(15-3-5-16(21)6-4-15)13-20(26)24(2)11-12-27-18-9-7-17(22)8-10-18/h3-10,19H,11-13H2,1-2H3,(H,23,25). The highest BCUT2D eigenvalue weighted by Crippen LogP contribution is 2.20. The van der Waals surface area contributed by atoms with Gasteiger partial charge in [-0.2, -0.15) is 0 Å². The van der Waals surface area contributed by atoms with Gasteiger partial charge in [-0.3, -0.25) is 9.59 Å². The number of rotatable bonds is 8. The van der Waals surface area contributed by atoms with Crippen molar-refractivity contribution in [2.45, 2.75) is 19.4 Å². The highest BCUT2D eigenvalue weighted by molar-refractivity contribution is 6.30. The summed E-state index contributed by atoms with van der Waals surface area (Å²) >= 11 is 5.90. The summed E-state index contributed by atoms with van der Waals surface area (Å²) in [4.78, 5) is 25.5. The molecule has 7 heteroatoms. The Hall–Kier alpha value is -2.60. The quantitative estimate of drug-likeness (QED) is 0.747. The van der Waals surface area contributed by atoms with Crippen LogP contribution >= 0.6 is 11.6 Å². The van der Waals surface area contributed by atoms with Gasteiger partial charge in [-0.1, -0.05) is 23.7 Å². The molecule has 0 aliphatic rings. The molecule has 1 unspecified atom stereocenters. The largest absolute Gasteiger partial charge is 0.492 e. The Kier molecular flexibility index (Phi) is 7.61. The van der Waals surface area contributed by atoms with Gasteiger partial charge in [0.1, 0.15) is 18.2 Å². The van der Waals surface area contributed by atoms with Crippen LogP contribution < -0.4 is 10.1 Å². The third-order valence-electron chi connectivity index (χ3n) is 3.96. The molecule has 2 amide bonds. The Morgan fingerprint density at radius 1 is 1.15 bits per heavy atom. The SMILES string of the molecule is CC(=O)NC(CC(=O)N(C)CCOc1ccc(F)cc1)c1ccc(Cl)cc1. The van der Waals surface area contributed by atoms with Crippen LogP contribution in [0.4, 0.5) is 4.39 Å². The average molecular weight is 393 g/mol. The molecule has 1 N–H and O–H groups in total. The van der Waals surface area contributed by atoms with Gasteiger partial charge >= 0.3 is 0 Å². The van der Waals surface area contributed by atoms with Gasteiger partial charge in [0.05, 0.1) is 19.0 Å². The molecule has 5 nitrogen and oxygen atoms in total. The van der Waals surface area contributed by atoms with Gasteiger partial charge in [-0.25, -0.2) is 4.39 Å².